The van der Waals surface area contributed by atoms with Gasteiger partial charge in [0.2, 0.25) is 5.95 Å². The smallest absolute Gasteiger partial charge is 0.362 e. The maximum absolute atomic E-state index is 13.3. The van der Waals surface area contributed by atoms with Crippen molar-refractivity contribution < 1.29 is 13.2 Å². The summed E-state index contributed by atoms with van der Waals surface area (Å²) >= 11 is 5.21. The molecule has 1 aliphatic rings. The zero-order valence-corrected chi connectivity index (χ0v) is 16.8. The first-order valence-electron chi connectivity index (χ1n) is 9.72. The van der Waals surface area contributed by atoms with Gasteiger partial charge in [0.1, 0.15) is 5.82 Å². The summed E-state index contributed by atoms with van der Waals surface area (Å²) in [6, 6.07) is 11.0. The third-order valence-electron chi connectivity index (χ3n) is 4.68. The predicted octanol–water partition coefficient (Wildman–Crippen LogP) is 4.40. The maximum atomic E-state index is 13.3. The van der Waals surface area contributed by atoms with Gasteiger partial charge in [-0.25, -0.2) is 4.98 Å². The number of hydrogen-bond acceptors (Lipinski definition) is 4. The molecule has 2 heterocycles. The van der Waals surface area contributed by atoms with Crippen molar-refractivity contribution in [2.24, 2.45) is 0 Å². The number of piperidine rings is 1. The lowest BCUT2D eigenvalue weighted by atomic mass is 10.1. The van der Waals surface area contributed by atoms with Crippen LogP contribution in [0.3, 0.4) is 0 Å². The number of rotatable bonds is 6. The van der Waals surface area contributed by atoms with Crippen LogP contribution in [0.25, 0.3) is 0 Å². The van der Waals surface area contributed by atoms with Crippen molar-refractivity contribution in [2.45, 2.75) is 38.3 Å². The van der Waals surface area contributed by atoms with Crippen LogP contribution in [-0.2, 0) is 12.6 Å². The van der Waals surface area contributed by atoms with Crippen molar-refractivity contribution in [3.63, 3.8) is 0 Å². The molecule has 0 unspecified atom stereocenters. The quantitative estimate of drug-likeness (QED) is 0.531. The van der Waals surface area contributed by atoms with Gasteiger partial charge in [-0.05, 0) is 49.9 Å². The third kappa shape index (κ3) is 6.56. The summed E-state index contributed by atoms with van der Waals surface area (Å²) < 4.78 is 39.8. The number of anilines is 2. The Labute approximate surface area is 173 Å². The molecule has 2 aromatic rings. The number of halogens is 3. The van der Waals surface area contributed by atoms with E-state index in [9.17, 15) is 13.2 Å². The molecule has 2 N–H and O–H groups in total. The van der Waals surface area contributed by atoms with Gasteiger partial charge in [-0.15, -0.1) is 0 Å². The zero-order chi connectivity index (χ0) is 20.7. The first-order valence-corrected chi connectivity index (χ1v) is 10.1. The fraction of sp³-hybridized carbons (Fsp3) is 0.450. The minimum atomic E-state index is -4.55. The van der Waals surface area contributed by atoms with E-state index in [2.05, 4.69) is 32.7 Å². The van der Waals surface area contributed by atoms with Crippen LogP contribution in [0.5, 0.6) is 0 Å². The summed E-state index contributed by atoms with van der Waals surface area (Å²) in [6.45, 7) is 1.98. The average Bonchev–Trinajstić information content (AvgIpc) is 2.72. The molecule has 29 heavy (non-hydrogen) atoms. The standard InChI is InChI=1S/C20H24F3N5S/c21-20(22,23)16-14-17(28-12-5-2-6-13-28)26-18(25-16)27-19(29)24-11-7-10-15-8-3-1-4-9-15/h1,3-4,8-9,14H,2,5-7,10-13H2,(H2,24,25,26,27,29). The molecule has 0 radical (unpaired) electrons. The number of alkyl halides is 3. The van der Waals surface area contributed by atoms with E-state index in [1.54, 1.807) is 0 Å². The molecular weight excluding hydrogens is 399 g/mol. The first-order chi connectivity index (χ1) is 13.9. The second-order valence-corrected chi connectivity index (χ2v) is 7.36. The van der Waals surface area contributed by atoms with E-state index in [0.717, 1.165) is 38.2 Å². The van der Waals surface area contributed by atoms with Gasteiger partial charge in [0.05, 0.1) is 0 Å². The molecule has 3 rings (SSSR count). The van der Waals surface area contributed by atoms with Crippen LogP contribution in [0.2, 0.25) is 0 Å². The van der Waals surface area contributed by atoms with Crippen LogP contribution < -0.4 is 15.5 Å². The van der Waals surface area contributed by atoms with E-state index in [1.165, 1.54) is 5.56 Å². The Hall–Kier alpha value is -2.42. The van der Waals surface area contributed by atoms with Crippen LogP contribution in [0.1, 0.15) is 36.9 Å². The van der Waals surface area contributed by atoms with E-state index in [0.29, 0.717) is 19.6 Å². The molecule has 1 fully saturated rings. The monoisotopic (exact) mass is 423 g/mol. The predicted molar refractivity (Wildman–Crippen MR) is 112 cm³/mol. The Morgan fingerprint density at radius 3 is 2.48 bits per heavy atom. The Morgan fingerprint density at radius 1 is 1.07 bits per heavy atom. The Bertz CT molecular complexity index is 808. The molecule has 0 aliphatic carbocycles. The van der Waals surface area contributed by atoms with Gasteiger partial charge in [-0.2, -0.15) is 18.2 Å². The molecule has 0 spiro atoms. The minimum absolute atomic E-state index is 0.138. The Morgan fingerprint density at radius 2 is 1.79 bits per heavy atom. The molecular formula is C20H24F3N5S. The van der Waals surface area contributed by atoms with Crippen LogP contribution >= 0.6 is 12.2 Å². The molecule has 0 saturated carbocycles. The zero-order valence-electron chi connectivity index (χ0n) is 16.0. The van der Waals surface area contributed by atoms with E-state index in [4.69, 9.17) is 12.2 Å². The highest BCUT2D eigenvalue weighted by molar-refractivity contribution is 7.80. The molecule has 1 aliphatic heterocycles. The van der Waals surface area contributed by atoms with Gasteiger partial charge >= 0.3 is 6.18 Å². The molecule has 0 amide bonds. The van der Waals surface area contributed by atoms with E-state index < -0.39 is 11.9 Å². The molecule has 0 bridgehead atoms. The summed E-state index contributed by atoms with van der Waals surface area (Å²) in [7, 11) is 0. The topological polar surface area (TPSA) is 53.1 Å². The molecule has 9 heteroatoms. The van der Waals surface area contributed by atoms with Gasteiger partial charge < -0.3 is 15.5 Å². The molecule has 1 saturated heterocycles. The SMILES string of the molecule is FC(F)(F)c1cc(N2CCCCC2)nc(NC(=S)NCCCc2ccccc2)n1. The Kier molecular flexibility index (Phi) is 7.24. The number of aromatic nitrogens is 2. The summed E-state index contributed by atoms with van der Waals surface area (Å²) in [5.41, 5.74) is 0.253. The van der Waals surface area contributed by atoms with Gasteiger partial charge in [-0.3, -0.25) is 0 Å². The first kappa shape index (κ1) is 21.3. The summed E-state index contributed by atoms with van der Waals surface area (Å²) in [5.74, 6) is 0.141. The third-order valence-corrected chi connectivity index (χ3v) is 4.93. The molecule has 1 aromatic carbocycles. The summed E-state index contributed by atoms with van der Waals surface area (Å²) in [6.07, 6.45) is 0.138. The lowest BCUT2D eigenvalue weighted by molar-refractivity contribution is -0.141. The van der Waals surface area contributed by atoms with Gasteiger partial charge in [0, 0.05) is 25.7 Å². The van der Waals surface area contributed by atoms with Crippen molar-refractivity contribution in [1.29, 1.82) is 0 Å². The van der Waals surface area contributed by atoms with Crippen LogP contribution in [0.15, 0.2) is 36.4 Å². The van der Waals surface area contributed by atoms with E-state index in [-0.39, 0.29) is 16.9 Å². The Balaban J connectivity index is 1.60. The molecule has 0 atom stereocenters. The largest absolute Gasteiger partial charge is 0.433 e. The molecule has 156 valence electrons. The highest BCUT2D eigenvalue weighted by atomic mass is 32.1. The van der Waals surface area contributed by atoms with Gasteiger partial charge in [0.25, 0.3) is 0 Å². The number of nitrogens with zero attached hydrogens (tertiary/aromatic N) is 3. The maximum Gasteiger partial charge on any atom is 0.433 e. The lowest BCUT2D eigenvalue weighted by Crippen LogP contribution is -2.33. The minimum Gasteiger partial charge on any atom is -0.362 e. The van der Waals surface area contributed by atoms with Crippen molar-refractivity contribution in [3.8, 4) is 0 Å². The lowest BCUT2D eigenvalue weighted by Gasteiger charge is -2.28. The summed E-state index contributed by atoms with van der Waals surface area (Å²) in [5, 5.41) is 5.92. The average molecular weight is 424 g/mol. The van der Waals surface area contributed by atoms with E-state index in [1.807, 2.05) is 23.1 Å². The molecule has 5 nitrogen and oxygen atoms in total. The number of nitrogens with one attached hydrogen (secondary N) is 2. The van der Waals surface area contributed by atoms with Gasteiger partial charge in [0.15, 0.2) is 10.8 Å². The van der Waals surface area contributed by atoms with Crippen LogP contribution in [-0.4, -0.2) is 34.7 Å². The number of hydrogen-bond donors (Lipinski definition) is 2. The number of aryl methyl sites for hydroxylation is 1. The van der Waals surface area contributed by atoms with Crippen molar-refractivity contribution >= 4 is 29.1 Å². The number of benzene rings is 1. The second-order valence-electron chi connectivity index (χ2n) is 6.95. The van der Waals surface area contributed by atoms with Crippen LogP contribution in [0.4, 0.5) is 24.9 Å². The van der Waals surface area contributed by atoms with Crippen LogP contribution in [0, 0.1) is 0 Å². The van der Waals surface area contributed by atoms with Crippen molar-refractivity contribution in [3.05, 3.63) is 47.7 Å². The van der Waals surface area contributed by atoms with Crippen molar-refractivity contribution in [2.75, 3.05) is 29.9 Å². The fourth-order valence-corrected chi connectivity index (χ4v) is 3.40. The van der Waals surface area contributed by atoms with Crippen molar-refractivity contribution in [1.82, 2.24) is 15.3 Å². The molecule has 1 aromatic heterocycles. The second kappa shape index (κ2) is 9.87. The normalized spacial score (nSPS) is 14.5. The summed E-state index contributed by atoms with van der Waals surface area (Å²) in [4.78, 5) is 9.74. The van der Waals surface area contributed by atoms with Gasteiger partial charge in [-0.1, -0.05) is 30.3 Å². The highest BCUT2D eigenvalue weighted by Crippen LogP contribution is 2.31. The highest BCUT2D eigenvalue weighted by Gasteiger charge is 2.34. The fourth-order valence-electron chi connectivity index (χ4n) is 3.21. The van der Waals surface area contributed by atoms with E-state index >= 15 is 0 Å². The number of thiocarbonyl (C=S) groups is 1.